The minimum absolute atomic E-state index is 0.343. The Hall–Kier alpha value is -2.42. The molecule has 0 saturated carbocycles. The Bertz CT molecular complexity index is 1200. The summed E-state index contributed by atoms with van der Waals surface area (Å²) in [6.07, 6.45) is 0.600. The zero-order valence-electron chi connectivity index (χ0n) is 17.4. The molecule has 0 atom stereocenters. The Balaban J connectivity index is 1.64. The van der Waals surface area contributed by atoms with Crippen LogP contribution in [0.4, 0.5) is 0 Å². The molecular weight excluding hydrogens is 420 g/mol. The van der Waals surface area contributed by atoms with E-state index in [0.717, 1.165) is 32.3 Å². The van der Waals surface area contributed by atoms with Crippen molar-refractivity contribution >= 4 is 21.4 Å². The molecule has 1 aromatic heterocycles. The molecule has 8 heteroatoms. The lowest BCUT2D eigenvalue weighted by molar-refractivity contribution is 0.355. The first-order valence-electron chi connectivity index (χ1n) is 9.62. The van der Waals surface area contributed by atoms with Gasteiger partial charge < -0.3 is 9.47 Å². The molecule has 1 aliphatic rings. The second-order valence-corrected chi connectivity index (χ2v) is 10.3. The van der Waals surface area contributed by atoms with Gasteiger partial charge in [-0.3, -0.25) is 0 Å². The fraction of sp³-hybridized carbons (Fsp3) is 0.318. The molecule has 0 radical (unpaired) electrons. The highest BCUT2D eigenvalue weighted by molar-refractivity contribution is 7.89. The van der Waals surface area contributed by atoms with Crippen LogP contribution < -0.4 is 9.47 Å². The van der Waals surface area contributed by atoms with Gasteiger partial charge in [0.15, 0.2) is 11.5 Å². The van der Waals surface area contributed by atoms with Crippen LogP contribution in [-0.4, -0.2) is 38.5 Å². The second kappa shape index (κ2) is 8.02. The standard InChI is InChI=1S/C22H24N2O4S2/c1-14-5-6-15(2)21(11-14)30(25,26)24-10-9-17-20(13-24)29-22(23-17)16-7-8-18(27-3)19(12-16)28-4/h5-8,11-12H,9-10,13H2,1-4H3. The molecule has 30 heavy (non-hydrogen) atoms. The van der Waals surface area contributed by atoms with E-state index in [9.17, 15) is 8.42 Å². The molecule has 3 aromatic rings. The van der Waals surface area contributed by atoms with E-state index in [0.29, 0.717) is 35.9 Å². The predicted octanol–water partition coefficient (Wildman–Crippen LogP) is 4.19. The number of methoxy groups -OCH3 is 2. The van der Waals surface area contributed by atoms with E-state index >= 15 is 0 Å². The van der Waals surface area contributed by atoms with Gasteiger partial charge in [0.05, 0.1) is 31.4 Å². The van der Waals surface area contributed by atoms with Crippen LogP contribution in [0.5, 0.6) is 11.5 Å². The summed E-state index contributed by atoms with van der Waals surface area (Å²) < 4.78 is 38.8. The van der Waals surface area contributed by atoms with E-state index in [-0.39, 0.29) is 0 Å². The van der Waals surface area contributed by atoms with Crippen molar-refractivity contribution in [2.45, 2.75) is 31.7 Å². The third kappa shape index (κ3) is 3.71. The zero-order valence-corrected chi connectivity index (χ0v) is 19.1. The minimum atomic E-state index is -3.56. The van der Waals surface area contributed by atoms with Crippen LogP contribution in [0.2, 0.25) is 0 Å². The molecular formula is C22H24N2O4S2. The Kier molecular flexibility index (Phi) is 5.57. The van der Waals surface area contributed by atoms with Crippen molar-refractivity contribution in [3.05, 3.63) is 58.1 Å². The molecule has 0 bridgehead atoms. The summed E-state index contributed by atoms with van der Waals surface area (Å²) in [6.45, 7) is 4.52. The summed E-state index contributed by atoms with van der Waals surface area (Å²) in [5.41, 5.74) is 3.60. The van der Waals surface area contributed by atoms with Crippen LogP contribution in [0.15, 0.2) is 41.3 Å². The molecule has 0 amide bonds. The Morgan fingerprint density at radius 2 is 1.80 bits per heavy atom. The van der Waals surface area contributed by atoms with E-state index in [1.165, 1.54) is 11.3 Å². The number of sulfonamides is 1. The highest BCUT2D eigenvalue weighted by Crippen LogP contribution is 2.37. The largest absolute Gasteiger partial charge is 0.493 e. The number of ether oxygens (including phenoxy) is 2. The van der Waals surface area contributed by atoms with E-state index in [4.69, 9.17) is 14.5 Å². The van der Waals surface area contributed by atoms with E-state index < -0.39 is 10.0 Å². The van der Waals surface area contributed by atoms with Crippen LogP contribution in [-0.2, 0) is 23.0 Å². The van der Waals surface area contributed by atoms with Crippen LogP contribution in [0.1, 0.15) is 21.7 Å². The van der Waals surface area contributed by atoms with E-state index in [1.807, 2.05) is 44.2 Å². The second-order valence-electron chi connectivity index (χ2n) is 7.32. The van der Waals surface area contributed by atoms with Gasteiger partial charge in [0.2, 0.25) is 10.0 Å². The number of rotatable bonds is 5. The number of benzene rings is 2. The normalized spacial score (nSPS) is 14.4. The molecule has 158 valence electrons. The van der Waals surface area contributed by atoms with Gasteiger partial charge >= 0.3 is 0 Å². The van der Waals surface area contributed by atoms with Crippen molar-refractivity contribution in [3.63, 3.8) is 0 Å². The first-order chi connectivity index (χ1) is 14.3. The summed E-state index contributed by atoms with van der Waals surface area (Å²) in [5.74, 6) is 1.30. The molecule has 0 spiro atoms. The van der Waals surface area contributed by atoms with Crippen molar-refractivity contribution < 1.29 is 17.9 Å². The maximum Gasteiger partial charge on any atom is 0.243 e. The molecule has 0 fully saturated rings. The van der Waals surface area contributed by atoms with Crippen LogP contribution in [0.3, 0.4) is 0 Å². The number of thiazole rings is 1. The summed E-state index contributed by atoms with van der Waals surface area (Å²) in [4.78, 5) is 6.14. The number of hydrogen-bond acceptors (Lipinski definition) is 6. The molecule has 0 aliphatic carbocycles. The maximum absolute atomic E-state index is 13.3. The lowest BCUT2D eigenvalue weighted by atomic mass is 10.2. The number of nitrogens with zero attached hydrogens (tertiary/aromatic N) is 2. The van der Waals surface area contributed by atoms with Gasteiger partial charge in [0.25, 0.3) is 0 Å². The number of aryl methyl sites for hydroxylation is 2. The number of fused-ring (bicyclic) bond motifs is 1. The van der Waals surface area contributed by atoms with Gasteiger partial charge in [-0.05, 0) is 49.2 Å². The summed E-state index contributed by atoms with van der Waals surface area (Å²) in [5, 5.41) is 0.854. The van der Waals surface area contributed by atoms with Gasteiger partial charge in [0, 0.05) is 23.4 Å². The Labute approximate surface area is 181 Å². The lowest BCUT2D eigenvalue weighted by Gasteiger charge is -2.26. The van der Waals surface area contributed by atoms with E-state index in [2.05, 4.69) is 0 Å². The SMILES string of the molecule is COc1ccc(-c2nc3c(s2)CN(S(=O)(=O)c2cc(C)ccc2C)CC3)cc1OC. The Morgan fingerprint density at radius 1 is 1.03 bits per heavy atom. The molecule has 0 saturated heterocycles. The molecule has 0 N–H and O–H groups in total. The molecule has 4 rings (SSSR count). The minimum Gasteiger partial charge on any atom is -0.493 e. The van der Waals surface area contributed by atoms with Crippen molar-refractivity contribution in [2.75, 3.05) is 20.8 Å². The Morgan fingerprint density at radius 3 is 2.53 bits per heavy atom. The molecule has 1 aliphatic heterocycles. The lowest BCUT2D eigenvalue weighted by Crippen LogP contribution is -2.35. The van der Waals surface area contributed by atoms with E-state index in [1.54, 1.807) is 24.6 Å². The van der Waals surface area contributed by atoms with Gasteiger partial charge in [-0.15, -0.1) is 11.3 Å². The highest BCUT2D eigenvalue weighted by atomic mass is 32.2. The number of aromatic nitrogens is 1. The maximum atomic E-state index is 13.3. The van der Waals surface area contributed by atoms with Crippen molar-refractivity contribution in [1.82, 2.24) is 9.29 Å². The fourth-order valence-electron chi connectivity index (χ4n) is 3.59. The average Bonchev–Trinajstić information content (AvgIpc) is 3.18. The molecule has 0 unspecified atom stereocenters. The van der Waals surface area contributed by atoms with Crippen molar-refractivity contribution in [1.29, 1.82) is 0 Å². The van der Waals surface area contributed by atoms with Crippen LogP contribution >= 0.6 is 11.3 Å². The molecule has 2 aromatic carbocycles. The predicted molar refractivity (Wildman–Crippen MR) is 118 cm³/mol. The smallest absolute Gasteiger partial charge is 0.243 e. The summed E-state index contributed by atoms with van der Waals surface area (Å²) in [7, 11) is -0.354. The summed E-state index contributed by atoms with van der Waals surface area (Å²) >= 11 is 1.53. The third-order valence-corrected chi connectivity index (χ3v) is 8.41. The molecule has 2 heterocycles. The van der Waals surface area contributed by atoms with Gasteiger partial charge in [0.1, 0.15) is 5.01 Å². The van der Waals surface area contributed by atoms with Crippen LogP contribution in [0, 0.1) is 13.8 Å². The van der Waals surface area contributed by atoms with Gasteiger partial charge in [-0.2, -0.15) is 4.31 Å². The first kappa shape index (κ1) is 20.8. The van der Waals surface area contributed by atoms with Crippen molar-refractivity contribution in [3.8, 4) is 22.1 Å². The summed E-state index contributed by atoms with van der Waals surface area (Å²) in [6, 6.07) is 11.2. The topological polar surface area (TPSA) is 68.7 Å². The molecule has 6 nitrogen and oxygen atoms in total. The third-order valence-electron chi connectivity index (χ3n) is 5.29. The highest BCUT2D eigenvalue weighted by Gasteiger charge is 2.31. The fourth-order valence-corrected chi connectivity index (χ4v) is 6.51. The quantitative estimate of drug-likeness (QED) is 0.590. The average molecular weight is 445 g/mol. The van der Waals surface area contributed by atoms with Gasteiger partial charge in [-0.25, -0.2) is 13.4 Å². The van der Waals surface area contributed by atoms with Gasteiger partial charge in [-0.1, -0.05) is 12.1 Å². The first-order valence-corrected chi connectivity index (χ1v) is 11.9. The monoisotopic (exact) mass is 444 g/mol. The number of hydrogen-bond donors (Lipinski definition) is 0. The zero-order chi connectivity index (χ0) is 21.5. The van der Waals surface area contributed by atoms with Crippen LogP contribution in [0.25, 0.3) is 10.6 Å². The van der Waals surface area contributed by atoms with Crippen molar-refractivity contribution in [2.24, 2.45) is 0 Å².